The molecule has 0 aliphatic carbocycles. The van der Waals surface area contributed by atoms with Crippen LogP contribution in [0.25, 0.3) is 0 Å². The fourth-order valence-corrected chi connectivity index (χ4v) is 1.66. The molecule has 20 heavy (non-hydrogen) atoms. The molecule has 0 aliphatic heterocycles. The summed E-state index contributed by atoms with van der Waals surface area (Å²) in [5, 5.41) is 8.62. The van der Waals surface area contributed by atoms with Crippen LogP contribution >= 0.6 is 0 Å². The van der Waals surface area contributed by atoms with Gasteiger partial charge >= 0.3 is 0 Å². The molecule has 1 heteroatoms. The summed E-state index contributed by atoms with van der Waals surface area (Å²) < 4.78 is 0. The third-order valence-electron chi connectivity index (χ3n) is 2.84. The van der Waals surface area contributed by atoms with Gasteiger partial charge in [-0.05, 0) is 19.3 Å². The van der Waals surface area contributed by atoms with Crippen molar-refractivity contribution in [1.29, 1.82) is 0 Å². The molecule has 0 atom stereocenters. The van der Waals surface area contributed by atoms with Crippen LogP contribution in [0.1, 0.15) is 77.6 Å². The molecule has 0 unspecified atom stereocenters. The van der Waals surface area contributed by atoms with Crippen molar-refractivity contribution in [3.63, 3.8) is 0 Å². The molecule has 0 aromatic carbocycles. The van der Waals surface area contributed by atoms with Gasteiger partial charge in [0.25, 0.3) is 0 Å². The van der Waals surface area contributed by atoms with Crippen molar-refractivity contribution in [1.82, 2.24) is 0 Å². The van der Waals surface area contributed by atoms with Gasteiger partial charge in [-0.2, -0.15) is 0 Å². The molecule has 0 saturated carbocycles. The summed E-state index contributed by atoms with van der Waals surface area (Å²) in [5.41, 5.74) is 0. The molecule has 0 bridgehead atoms. The van der Waals surface area contributed by atoms with E-state index in [2.05, 4.69) is 42.4 Å². The Kier molecular flexibility index (Phi) is 16.4. The first-order valence-corrected chi connectivity index (χ1v) is 7.89. The summed E-state index contributed by atoms with van der Waals surface area (Å²) in [6.07, 6.45) is 11.4. The fraction of sp³-hybridized carbons (Fsp3) is 0.684. The number of aliphatic hydroxyl groups is 1. The number of hydrogen-bond acceptors (Lipinski definition) is 1. The van der Waals surface area contributed by atoms with Crippen LogP contribution in [0, 0.1) is 35.5 Å². The standard InChI is InChI=1S/C19H28O/c1-2-3-4-5-6-7-8-9-10-11-12-13-14-15-16-17-18-19-20/h20H,2-6,9,12,15-19H2,1H3. The van der Waals surface area contributed by atoms with E-state index in [0.717, 1.165) is 32.1 Å². The lowest BCUT2D eigenvalue weighted by molar-refractivity contribution is 0.283. The second-order valence-corrected chi connectivity index (χ2v) is 4.76. The van der Waals surface area contributed by atoms with Crippen LogP contribution in [0.2, 0.25) is 0 Å². The Labute approximate surface area is 125 Å². The van der Waals surface area contributed by atoms with Crippen LogP contribution in [0.3, 0.4) is 0 Å². The Bertz CT molecular complexity index is 339. The highest BCUT2D eigenvalue weighted by atomic mass is 16.2. The van der Waals surface area contributed by atoms with E-state index in [1.54, 1.807) is 0 Å². The van der Waals surface area contributed by atoms with Gasteiger partial charge in [-0.25, -0.2) is 0 Å². The van der Waals surface area contributed by atoms with Crippen LogP contribution in [0.5, 0.6) is 0 Å². The van der Waals surface area contributed by atoms with Gasteiger partial charge in [0.15, 0.2) is 0 Å². The Hall–Kier alpha value is -1.36. The van der Waals surface area contributed by atoms with Gasteiger partial charge in [0.05, 0.1) is 12.8 Å². The third-order valence-corrected chi connectivity index (χ3v) is 2.84. The molecular weight excluding hydrogens is 244 g/mol. The van der Waals surface area contributed by atoms with Crippen molar-refractivity contribution in [2.45, 2.75) is 77.6 Å². The minimum atomic E-state index is 0.290. The van der Waals surface area contributed by atoms with E-state index in [1.807, 2.05) is 0 Å². The predicted molar refractivity (Wildman–Crippen MR) is 86.9 cm³/mol. The summed E-state index contributed by atoms with van der Waals surface area (Å²) >= 11 is 0. The highest BCUT2D eigenvalue weighted by Gasteiger charge is 1.84. The highest BCUT2D eigenvalue weighted by Crippen LogP contribution is 2.00. The highest BCUT2D eigenvalue weighted by molar-refractivity contribution is 5.16. The molecule has 0 aliphatic rings. The molecule has 0 rings (SSSR count). The number of hydrogen-bond donors (Lipinski definition) is 1. The Morgan fingerprint density at radius 1 is 0.600 bits per heavy atom. The number of rotatable bonds is 8. The van der Waals surface area contributed by atoms with Crippen LogP contribution in [-0.4, -0.2) is 11.7 Å². The minimum absolute atomic E-state index is 0.290. The van der Waals surface area contributed by atoms with Gasteiger partial charge in [-0.3, -0.25) is 0 Å². The summed E-state index contributed by atoms with van der Waals surface area (Å²) in [7, 11) is 0. The van der Waals surface area contributed by atoms with E-state index in [4.69, 9.17) is 5.11 Å². The van der Waals surface area contributed by atoms with E-state index < -0.39 is 0 Å². The smallest absolute Gasteiger partial charge is 0.0702 e. The van der Waals surface area contributed by atoms with Gasteiger partial charge in [0.1, 0.15) is 0 Å². The molecule has 0 saturated heterocycles. The minimum Gasteiger partial charge on any atom is -0.396 e. The predicted octanol–water partition coefficient (Wildman–Crippen LogP) is 4.30. The Balaban J connectivity index is 3.41. The molecule has 1 N–H and O–H groups in total. The maximum absolute atomic E-state index is 8.62. The molecule has 0 radical (unpaired) electrons. The quantitative estimate of drug-likeness (QED) is 0.516. The van der Waals surface area contributed by atoms with Crippen LogP contribution < -0.4 is 0 Å². The van der Waals surface area contributed by atoms with Crippen molar-refractivity contribution in [2.75, 3.05) is 6.61 Å². The van der Waals surface area contributed by atoms with Gasteiger partial charge in [-0.15, -0.1) is 11.8 Å². The van der Waals surface area contributed by atoms with E-state index in [0.29, 0.717) is 19.4 Å². The van der Waals surface area contributed by atoms with E-state index in [1.165, 1.54) is 25.7 Å². The zero-order valence-corrected chi connectivity index (χ0v) is 12.9. The summed E-state index contributed by atoms with van der Waals surface area (Å²) in [4.78, 5) is 0. The molecule has 0 heterocycles. The summed E-state index contributed by atoms with van der Waals surface area (Å²) in [5.74, 6) is 18.5. The molecule has 110 valence electrons. The van der Waals surface area contributed by atoms with Gasteiger partial charge in [0, 0.05) is 19.4 Å². The maximum Gasteiger partial charge on any atom is 0.0702 e. The molecule has 0 aromatic rings. The zero-order valence-electron chi connectivity index (χ0n) is 12.9. The lowest BCUT2D eigenvalue weighted by Gasteiger charge is -1.91. The van der Waals surface area contributed by atoms with Crippen molar-refractivity contribution in [3.8, 4) is 35.5 Å². The second-order valence-electron chi connectivity index (χ2n) is 4.76. The first kappa shape index (κ1) is 18.6. The third kappa shape index (κ3) is 16.6. The molecule has 0 aromatic heterocycles. The SMILES string of the molecule is CCCCCCC#CCC#CCC#CCCCCCO. The van der Waals surface area contributed by atoms with E-state index >= 15 is 0 Å². The molecule has 1 nitrogen and oxygen atoms in total. The van der Waals surface area contributed by atoms with E-state index in [9.17, 15) is 0 Å². The molecular formula is C19H28O. The average molecular weight is 272 g/mol. The zero-order chi connectivity index (χ0) is 14.7. The van der Waals surface area contributed by atoms with Crippen LogP contribution in [0.4, 0.5) is 0 Å². The van der Waals surface area contributed by atoms with Gasteiger partial charge in [0.2, 0.25) is 0 Å². The first-order valence-electron chi connectivity index (χ1n) is 7.89. The van der Waals surface area contributed by atoms with Crippen LogP contribution in [0.15, 0.2) is 0 Å². The molecule has 0 amide bonds. The van der Waals surface area contributed by atoms with Crippen molar-refractivity contribution < 1.29 is 5.11 Å². The summed E-state index contributed by atoms with van der Waals surface area (Å²) in [6, 6.07) is 0. The molecule has 0 fully saturated rings. The first-order chi connectivity index (χ1) is 9.91. The topological polar surface area (TPSA) is 20.2 Å². The molecule has 0 spiro atoms. The lowest BCUT2D eigenvalue weighted by atomic mass is 10.1. The summed E-state index contributed by atoms with van der Waals surface area (Å²) in [6.45, 7) is 2.51. The lowest BCUT2D eigenvalue weighted by Crippen LogP contribution is -1.81. The average Bonchev–Trinajstić information content (AvgIpc) is 2.47. The monoisotopic (exact) mass is 272 g/mol. The Morgan fingerprint density at radius 3 is 1.60 bits per heavy atom. The van der Waals surface area contributed by atoms with E-state index in [-0.39, 0.29) is 0 Å². The van der Waals surface area contributed by atoms with Gasteiger partial charge < -0.3 is 5.11 Å². The Morgan fingerprint density at radius 2 is 1.10 bits per heavy atom. The second kappa shape index (κ2) is 17.6. The maximum atomic E-state index is 8.62. The number of aliphatic hydroxyl groups excluding tert-OH is 1. The largest absolute Gasteiger partial charge is 0.396 e. The van der Waals surface area contributed by atoms with Crippen molar-refractivity contribution in [3.05, 3.63) is 0 Å². The fourth-order valence-electron chi connectivity index (χ4n) is 1.66. The van der Waals surface area contributed by atoms with Crippen LogP contribution in [-0.2, 0) is 0 Å². The van der Waals surface area contributed by atoms with Gasteiger partial charge in [-0.1, -0.05) is 56.3 Å². The van der Waals surface area contributed by atoms with Crippen molar-refractivity contribution >= 4 is 0 Å². The number of unbranched alkanes of at least 4 members (excludes halogenated alkanes) is 7. The normalized spacial score (nSPS) is 8.70. The van der Waals surface area contributed by atoms with Crippen molar-refractivity contribution in [2.24, 2.45) is 0 Å².